The molecule has 0 saturated carbocycles. The molecule has 5 heteroatoms. The van der Waals surface area contributed by atoms with Crippen LogP contribution in [0, 0.1) is 0 Å². The third kappa shape index (κ3) is 3.04. The van der Waals surface area contributed by atoms with Gasteiger partial charge in [-0.2, -0.15) is 0 Å². The van der Waals surface area contributed by atoms with Gasteiger partial charge < -0.3 is 9.47 Å². The largest absolute Gasteiger partial charge is 0.473 e. The molecule has 0 radical (unpaired) electrons. The molecule has 0 aliphatic carbocycles. The van der Waals surface area contributed by atoms with Crippen LogP contribution in [0.5, 0.6) is 5.88 Å². The topological polar surface area (TPSA) is 44.2 Å². The molecule has 1 saturated heterocycles. The van der Waals surface area contributed by atoms with Gasteiger partial charge in [0.2, 0.25) is 5.88 Å². The Labute approximate surface area is 93.6 Å². The highest BCUT2D eigenvalue weighted by atomic mass is 35.5. The Morgan fingerprint density at radius 3 is 2.93 bits per heavy atom. The van der Waals surface area contributed by atoms with E-state index >= 15 is 0 Å². The van der Waals surface area contributed by atoms with Gasteiger partial charge in [0.1, 0.15) is 6.10 Å². The molecule has 0 bridgehead atoms. The molecule has 1 aromatic heterocycles. The number of ether oxygens (including phenoxy) is 2. The predicted molar refractivity (Wildman–Crippen MR) is 56.1 cm³/mol. The molecule has 2 rings (SSSR count). The zero-order valence-electron chi connectivity index (χ0n) is 8.36. The van der Waals surface area contributed by atoms with Gasteiger partial charge in [-0.1, -0.05) is 0 Å². The summed E-state index contributed by atoms with van der Waals surface area (Å²) >= 11 is 5.66. The average Bonchev–Trinajstić information content (AvgIpc) is 2.31. The van der Waals surface area contributed by atoms with Crippen LogP contribution < -0.4 is 4.74 Å². The second kappa shape index (κ2) is 5.28. The van der Waals surface area contributed by atoms with E-state index in [2.05, 4.69) is 9.97 Å². The maximum absolute atomic E-state index is 5.69. The quantitative estimate of drug-likeness (QED) is 0.740. The van der Waals surface area contributed by atoms with Crippen LogP contribution in [0.15, 0.2) is 12.4 Å². The molecule has 2 heterocycles. The zero-order chi connectivity index (χ0) is 10.5. The van der Waals surface area contributed by atoms with Crippen LogP contribution in [0.25, 0.3) is 0 Å². The predicted octanol–water partition coefficient (Wildman–Crippen LogP) is 1.77. The molecular weight excluding hydrogens is 216 g/mol. The zero-order valence-corrected chi connectivity index (χ0v) is 9.11. The van der Waals surface area contributed by atoms with Crippen molar-refractivity contribution in [3.8, 4) is 5.88 Å². The first-order valence-corrected chi connectivity index (χ1v) is 5.53. The molecule has 82 valence electrons. The van der Waals surface area contributed by atoms with Gasteiger partial charge in [0.25, 0.3) is 0 Å². The summed E-state index contributed by atoms with van der Waals surface area (Å²) in [6.07, 6.45) is 5.27. The van der Waals surface area contributed by atoms with Gasteiger partial charge in [0, 0.05) is 19.0 Å². The molecule has 1 fully saturated rings. The number of hydrogen-bond acceptors (Lipinski definition) is 4. The first kappa shape index (κ1) is 10.6. The second-order valence-corrected chi connectivity index (χ2v) is 3.68. The number of rotatable bonds is 3. The van der Waals surface area contributed by atoms with Gasteiger partial charge >= 0.3 is 0 Å². The lowest BCUT2D eigenvalue weighted by Crippen LogP contribution is -2.26. The number of nitrogens with zero attached hydrogens (tertiary/aromatic N) is 2. The lowest BCUT2D eigenvalue weighted by molar-refractivity contribution is 0.0235. The van der Waals surface area contributed by atoms with Gasteiger partial charge in [-0.15, -0.1) is 11.6 Å². The molecule has 0 N–H and O–H groups in total. The van der Waals surface area contributed by atoms with Gasteiger partial charge in [0.05, 0.1) is 31.0 Å². The first-order chi connectivity index (χ1) is 7.38. The van der Waals surface area contributed by atoms with E-state index < -0.39 is 0 Å². The van der Waals surface area contributed by atoms with Crippen molar-refractivity contribution < 1.29 is 9.47 Å². The number of hydrogen-bond donors (Lipinski definition) is 0. The number of aromatic nitrogens is 2. The van der Waals surface area contributed by atoms with Crippen molar-refractivity contribution in [3.05, 3.63) is 18.1 Å². The Morgan fingerprint density at radius 2 is 2.20 bits per heavy atom. The fourth-order valence-electron chi connectivity index (χ4n) is 1.47. The van der Waals surface area contributed by atoms with Crippen LogP contribution in [0.2, 0.25) is 0 Å². The fraction of sp³-hybridized carbons (Fsp3) is 0.600. The summed E-state index contributed by atoms with van der Waals surface area (Å²) in [5.41, 5.74) is 0.737. The molecule has 0 aromatic carbocycles. The highest BCUT2D eigenvalue weighted by Gasteiger charge is 2.15. The number of alkyl halides is 1. The molecule has 0 atom stereocenters. The highest BCUT2D eigenvalue weighted by molar-refractivity contribution is 6.16. The van der Waals surface area contributed by atoms with Gasteiger partial charge in [0.15, 0.2) is 0 Å². The summed E-state index contributed by atoms with van der Waals surface area (Å²) in [5.74, 6) is 0.915. The third-order valence-electron chi connectivity index (χ3n) is 2.25. The molecular formula is C10H13ClN2O2. The lowest BCUT2D eigenvalue weighted by atomic mass is 10.2. The van der Waals surface area contributed by atoms with Crippen molar-refractivity contribution in [2.45, 2.75) is 24.8 Å². The minimum atomic E-state index is 0.193. The van der Waals surface area contributed by atoms with Crippen LogP contribution in [0.1, 0.15) is 18.5 Å². The fourth-order valence-corrected chi connectivity index (χ4v) is 1.60. The normalized spacial score (nSPS) is 17.7. The monoisotopic (exact) mass is 228 g/mol. The summed E-state index contributed by atoms with van der Waals surface area (Å²) in [7, 11) is 0. The number of halogens is 1. The first-order valence-electron chi connectivity index (χ1n) is 5.00. The van der Waals surface area contributed by atoms with Crippen molar-refractivity contribution in [3.63, 3.8) is 0 Å². The summed E-state index contributed by atoms with van der Waals surface area (Å²) in [6, 6.07) is 0. The molecule has 0 unspecified atom stereocenters. The van der Waals surface area contributed by atoms with E-state index in [1.54, 1.807) is 12.4 Å². The summed E-state index contributed by atoms with van der Waals surface area (Å²) in [5, 5.41) is 0. The Morgan fingerprint density at radius 1 is 1.40 bits per heavy atom. The molecule has 1 aromatic rings. The van der Waals surface area contributed by atoms with E-state index in [-0.39, 0.29) is 6.10 Å². The summed E-state index contributed by atoms with van der Waals surface area (Å²) < 4.78 is 10.9. The minimum Gasteiger partial charge on any atom is -0.473 e. The van der Waals surface area contributed by atoms with E-state index in [4.69, 9.17) is 21.1 Å². The van der Waals surface area contributed by atoms with E-state index in [1.165, 1.54) is 0 Å². The minimum absolute atomic E-state index is 0.193. The molecule has 4 nitrogen and oxygen atoms in total. The lowest BCUT2D eigenvalue weighted by Gasteiger charge is -2.22. The van der Waals surface area contributed by atoms with Crippen molar-refractivity contribution in [1.29, 1.82) is 0 Å². The average molecular weight is 229 g/mol. The Balaban J connectivity index is 1.96. The Hall–Kier alpha value is -0.870. The van der Waals surface area contributed by atoms with E-state index in [0.717, 1.165) is 31.7 Å². The van der Waals surface area contributed by atoms with Crippen LogP contribution in [0.4, 0.5) is 0 Å². The van der Waals surface area contributed by atoms with Gasteiger partial charge in [-0.05, 0) is 0 Å². The maximum atomic E-state index is 5.69. The van der Waals surface area contributed by atoms with Crippen molar-refractivity contribution >= 4 is 11.6 Å². The molecule has 0 spiro atoms. The van der Waals surface area contributed by atoms with Crippen molar-refractivity contribution in [1.82, 2.24) is 9.97 Å². The Kier molecular flexibility index (Phi) is 3.75. The SMILES string of the molecule is ClCc1cncc(OC2CCOCC2)n1. The molecule has 1 aliphatic rings. The summed E-state index contributed by atoms with van der Waals surface area (Å²) in [6.45, 7) is 1.51. The molecule has 15 heavy (non-hydrogen) atoms. The van der Waals surface area contributed by atoms with Crippen molar-refractivity contribution in [2.75, 3.05) is 13.2 Å². The van der Waals surface area contributed by atoms with Crippen LogP contribution in [-0.2, 0) is 10.6 Å². The Bertz CT molecular complexity index is 316. The molecule has 1 aliphatic heterocycles. The van der Waals surface area contributed by atoms with Crippen LogP contribution >= 0.6 is 11.6 Å². The van der Waals surface area contributed by atoms with E-state index in [9.17, 15) is 0 Å². The van der Waals surface area contributed by atoms with Crippen LogP contribution in [0.3, 0.4) is 0 Å². The standard InChI is InChI=1S/C10H13ClN2O2/c11-5-8-6-12-7-10(13-8)15-9-1-3-14-4-2-9/h6-7,9H,1-5H2. The van der Waals surface area contributed by atoms with Crippen molar-refractivity contribution in [2.24, 2.45) is 0 Å². The summed E-state index contributed by atoms with van der Waals surface area (Å²) in [4.78, 5) is 8.25. The van der Waals surface area contributed by atoms with E-state index in [1.807, 2.05) is 0 Å². The molecule has 0 amide bonds. The second-order valence-electron chi connectivity index (χ2n) is 3.41. The smallest absolute Gasteiger partial charge is 0.232 e. The third-order valence-corrected chi connectivity index (χ3v) is 2.53. The maximum Gasteiger partial charge on any atom is 0.232 e. The van der Waals surface area contributed by atoms with Gasteiger partial charge in [-0.3, -0.25) is 4.98 Å². The highest BCUT2D eigenvalue weighted by Crippen LogP contribution is 2.15. The van der Waals surface area contributed by atoms with E-state index in [0.29, 0.717) is 11.8 Å². The van der Waals surface area contributed by atoms with Gasteiger partial charge in [-0.25, -0.2) is 4.98 Å². The van der Waals surface area contributed by atoms with Crippen LogP contribution in [-0.4, -0.2) is 29.3 Å².